The molecule has 0 N–H and O–H groups in total. The summed E-state index contributed by atoms with van der Waals surface area (Å²) in [6, 6.07) is 7.75. The highest BCUT2D eigenvalue weighted by atomic mass is 16.6. The van der Waals surface area contributed by atoms with Crippen LogP contribution in [0.3, 0.4) is 0 Å². The van der Waals surface area contributed by atoms with Crippen LogP contribution in [-0.2, 0) is 19.1 Å². The number of esters is 1. The fourth-order valence-corrected chi connectivity index (χ4v) is 7.83. The van der Waals surface area contributed by atoms with E-state index < -0.39 is 5.60 Å². The monoisotopic (exact) mass is 456 g/mol. The van der Waals surface area contributed by atoms with Crippen molar-refractivity contribution in [3.05, 3.63) is 52.1 Å². The van der Waals surface area contributed by atoms with Crippen molar-refractivity contribution in [2.24, 2.45) is 17.3 Å². The maximum absolute atomic E-state index is 13.1. The SMILES string of the molecule is C#Cc1ccccc1C1=C2CC[C@@H]3C(=C2CCC1=O)CC[C@@]1(C)[C@H]3CC[C@]1(OC(C)=O)C(C)=O. The maximum Gasteiger partial charge on any atom is 0.303 e. The van der Waals surface area contributed by atoms with E-state index in [-0.39, 0.29) is 23.0 Å². The van der Waals surface area contributed by atoms with Gasteiger partial charge in [-0.15, -0.1) is 6.42 Å². The van der Waals surface area contributed by atoms with Gasteiger partial charge in [0, 0.05) is 35.5 Å². The van der Waals surface area contributed by atoms with Gasteiger partial charge in [0.25, 0.3) is 0 Å². The lowest BCUT2D eigenvalue weighted by atomic mass is 9.54. The fourth-order valence-electron chi connectivity index (χ4n) is 7.83. The van der Waals surface area contributed by atoms with Crippen LogP contribution in [0.15, 0.2) is 41.0 Å². The van der Waals surface area contributed by atoms with E-state index in [2.05, 4.69) is 12.8 Å². The smallest absolute Gasteiger partial charge is 0.303 e. The van der Waals surface area contributed by atoms with Crippen LogP contribution < -0.4 is 0 Å². The van der Waals surface area contributed by atoms with E-state index in [1.807, 2.05) is 24.3 Å². The normalized spacial score (nSPS) is 32.5. The van der Waals surface area contributed by atoms with Gasteiger partial charge in [-0.25, -0.2) is 0 Å². The molecule has 4 heteroatoms. The van der Waals surface area contributed by atoms with Gasteiger partial charge in [-0.3, -0.25) is 14.4 Å². The van der Waals surface area contributed by atoms with Crippen LogP contribution in [0.1, 0.15) is 83.3 Å². The molecular formula is C30H32O4. The molecule has 0 heterocycles. The second-order valence-corrected chi connectivity index (χ2v) is 10.7. The first-order chi connectivity index (χ1) is 16.2. The molecule has 0 saturated heterocycles. The van der Waals surface area contributed by atoms with Crippen LogP contribution in [-0.4, -0.2) is 23.1 Å². The number of allylic oxidation sites excluding steroid dienone is 4. The number of rotatable bonds is 3. The fraction of sp³-hybridized carbons (Fsp3) is 0.500. The number of hydrogen-bond donors (Lipinski definition) is 0. The van der Waals surface area contributed by atoms with Gasteiger partial charge in [-0.1, -0.05) is 36.6 Å². The van der Waals surface area contributed by atoms with Gasteiger partial charge in [-0.05, 0) is 80.9 Å². The van der Waals surface area contributed by atoms with Crippen LogP contribution in [0, 0.1) is 29.6 Å². The standard InChI is InChI=1S/C30H32O4/c1-5-20-8-6-7-9-21(20)28-25-11-10-24-23(22(25)12-13-27(28)33)14-16-29(4)26(24)15-17-30(29,18(2)31)34-19(3)32/h1,6-9,24,26H,10-17H2,2-4H3/t24-,26+,29+,30+/m1/s1. The molecule has 2 saturated carbocycles. The number of ketones is 2. The van der Waals surface area contributed by atoms with Gasteiger partial charge < -0.3 is 4.74 Å². The number of fused-ring (bicyclic) bond motifs is 4. The molecule has 4 nitrogen and oxygen atoms in total. The van der Waals surface area contributed by atoms with Gasteiger partial charge in [0.2, 0.25) is 0 Å². The van der Waals surface area contributed by atoms with Crippen molar-refractivity contribution in [1.82, 2.24) is 0 Å². The number of hydrogen-bond acceptors (Lipinski definition) is 4. The summed E-state index contributed by atoms with van der Waals surface area (Å²) < 4.78 is 5.86. The number of carbonyl (C=O) groups is 3. The van der Waals surface area contributed by atoms with Crippen molar-refractivity contribution in [3.8, 4) is 12.3 Å². The Morgan fingerprint density at radius 1 is 1.03 bits per heavy atom. The molecule has 4 aliphatic rings. The number of ether oxygens (including phenoxy) is 1. The van der Waals surface area contributed by atoms with Crippen molar-refractivity contribution in [3.63, 3.8) is 0 Å². The lowest BCUT2D eigenvalue weighted by Crippen LogP contribution is -2.55. The first kappa shape index (κ1) is 22.8. The molecule has 0 bridgehead atoms. The van der Waals surface area contributed by atoms with Crippen molar-refractivity contribution < 1.29 is 19.1 Å². The van der Waals surface area contributed by atoms with Crippen molar-refractivity contribution in [1.29, 1.82) is 0 Å². The lowest BCUT2D eigenvalue weighted by Gasteiger charge is -2.52. The van der Waals surface area contributed by atoms with Gasteiger partial charge >= 0.3 is 5.97 Å². The molecule has 4 aliphatic carbocycles. The number of carbonyl (C=O) groups excluding carboxylic acids is 3. The number of benzene rings is 1. The number of Topliss-reactive ketones (excluding diaryl/α,β-unsaturated/α-hetero) is 2. The lowest BCUT2D eigenvalue weighted by molar-refractivity contribution is -0.181. The van der Waals surface area contributed by atoms with E-state index in [1.165, 1.54) is 23.6 Å². The molecule has 0 radical (unpaired) electrons. The third-order valence-corrected chi connectivity index (χ3v) is 9.27. The Hall–Kier alpha value is -2.93. The minimum absolute atomic E-state index is 0.0309. The molecule has 176 valence electrons. The Kier molecular flexibility index (Phi) is 5.43. The summed E-state index contributed by atoms with van der Waals surface area (Å²) >= 11 is 0. The molecule has 0 spiro atoms. The Bertz CT molecular complexity index is 1210. The van der Waals surface area contributed by atoms with Crippen molar-refractivity contribution in [2.45, 2.75) is 77.7 Å². The highest BCUT2D eigenvalue weighted by Crippen LogP contribution is 2.65. The molecule has 0 unspecified atom stereocenters. The summed E-state index contributed by atoms with van der Waals surface area (Å²) in [5, 5.41) is 0. The summed E-state index contributed by atoms with van der Waals surface area (Å²) in [6.45, 7) is 5.15. The molecule has 0 aliphatic heterocycles. The zero-order valence-corrected chi connectivity index (χ0v) is 20.3. The molecule has 1 aromatic carbocycles. The van der Waals surface area contributed by atoms with Gasteiger partial charge in [0.15, 0.2) is 17.2 Å². The van der Waals surface area contributed by atoms with E-state index >= 15 is 0 Å². The zero-order valence-electron chi connectivity index (χ0n) is 20.3. The van der Waals surface area contributed by atoms with Gasteiger partial charge in [0.1, 0.15) is 0 Å². The third kappa shape index (κ3) is 3.09. The van der Waals surface area contributed by atoms with E-state index in [9.17, 15) is 14.4 Å². The van der Waals surface area contributed by atoms with E-state index in [1.54, 1.807) is 6.92 Å². The second-order valence-electron chi connectivity index (χ2n) is 10.7. The van der Waals surface area contributed by atoms with Crippen LogP contribution >= 0.6 is 0 Å². The molecule has 0 aromatic heterocycles. The largest absolute Gasteiger partial charge is 0.451 e. The first-order valence-electron chi connectivity index (χ1n) is 12.5. The zero-order chi connectivity index (χ0) is 24.3. The Morgan fingerprint density at radius 3 is 2.50 bits per heavy atom. The third-order valence-electron chi connectivity index (χ3n) is 9.27. The van der Waals surface area contributed by atoms with Crippen molar-refractivity contribution in [2.75, 3.05) is 0 Å². The van der Waals surface area contributed by atoms with Crippen LogP contribution in [0.25, 0.3) is 5.57 Å². The minimum Gasteiger partial charge on any atom is -0.451 e. The summed E-state index contributed by atoms with van der Waals surface area (Å²) in [6.07, 6.45) is 12.1. The average molecular weight is 457 g/mol. The minimum atomic E-state index is -1.02. The molecule has 4 atom stereocenters. The Labute approximate surface area is 201 Å². The van der Waals surface area contributed by atoms with Gasteiger partial charge in [0.05, 0.1) is 0 Å². The summed E-state index contributed by atoms with van der Waals surface area (Å²) in [7, 11) is 0. The predicted molar refractivity (Wildman–Crippen MR) is 131 cm³/mol. The summed E-state index contributed by atoms with van der Waals surface area (Å²) in [5.41, 5.74) is 5.10. The molecular weight excluding hydrogens is 424 g/mol. The first-order valence-corrected chi connectivity index (χ1v) is 12.5. The van der Waals surface area contributed by atoms with Crippen LogP contribution in [0.2, 0.25) is 0 Å². The predicted octanol–water partition coefficient (Wildman–Crippen LogP) is 5.59. The molecule has 0 amide bonds. The van der Waals surface area contributed by atoms with E-state index in [0.29, 0.717) is 24.7 Å². The molecule has 1 aromatic rings. The quantitative estimate of drug-likeness (QED) is 0.439. The maximum atomic E-state index is 13.1. The molecule has 5 rings (SSSR count). The molecule has 2 fully saturated rings. The Morgan fingerprint density at radius 2 is 1.79 bits per heavy atom. The van der Waals surface area contributed by atoms with Crippen molar-refractivity contribution >= 4 is 23.1 Å². The topological polar surface area (TPSA) is 60.4 Å². The van der Waals surface area contributed by atoms with Gasteiger partial charge in [-0.2, -0.15) is 0 Å². The average Bonchev–Trinajstić information content (AvgIpc) is 3.11. The van der Waals surface area contributed by atoms with E-state index in [0.717, 1.165) is 55.2 Å². The van der Waals surface area contributed by atoms with Crippen LogP contribution in [0.4, 0.5) is 0 Å². The van der Waals surface area contributed by atoms with E-state index in [4.69, 9.17) is 11.2 Å². The van der Waals surface area contributed by atoms with Crippen LogP contribution in [0.5, 0.6) is 0 Å². The highest BCUT2D eigenvalue weighted by Gasteiger charge is 2.65. The summed E-state index contributed by atoms with van der Waals surface area (Å²) in [5.74, 6) is 3.21. The molecule has 34 heavy (non-hydrogen) atoms. The summed E-state index contributed by atoms with van der Waals surface area (Å²) in [4.78, 5) is 38.1. The highest BCUT2D eigenvalue weighted by molar-refractivity contribution is 6.24. The number of terminal acetylenes is 1. The Balaban J connectivity index is 1.60. The second kappa shape index (κ2) is 8.08.